The number of imidazole rings is 1. The second-order valence-electron chi connectivity index (χ2n) is 4.42. The normalized spacial score (nSPS) is 10.8. The molecule has 100 valence electrons. The van der Waals surface area contributed by atoms with Crippen molar-refractivity contribution in [1.29, 1.82) is 0 Å². The Morgan fingerprint density at radius 2 is 2.00 bits per heavy atom. The standard InChI is InChI=1S/C15H11ClN2O2/c16-11-6-7-18-12(9-14(19)20)15(17-13(18)8-11)10-4-2-1-3-5-10/h1-8H,9H2,(H,19,20). The van der Waals surface area contributed by atoms with E-state index in [0.717, 1.165) is 5.56 Å². The van der Waals surface area contributed by atoms with Crippen LogP contribution in [0.3, 0.4) is 0 Å². The summed E-state index contributed by atoms with van der Waals surface area (Å²) in [7, 11) is 0. The van der Waals surface area contributed by atoms with Crippen LogP contribution in [0, 0.1) is 0 Å². The second-order valence-corrected chi connectivity index (χ2v) is 4.85. The number of pyridine rings is 1. The molecule has 0 bridgehead atoms. The van der Waals surface area contributed by atoms with Crippen molar-refractivity contribution in [3.05, 3.63) is 59.4 Å². The number of hydrogen-bond acceptors (Lipinski definition) is 2. The number of carboxylic acid groups (broad SMARTS) is 1. The van der Waals surface area contributed by atoms with E-state index in [2.05, 4.69) is 4.98 Å². The van der Waals surface area contributed by atoms with Gasteiger partial charge in [0.25, 0.3) is 0 Å². The van der Waals surface area contributed by atoms with E-state index >= 15 is 0 Å². The van der Waals surface area contributed by atoms with Crippen LogP contribution < -0.4 is 0 Å². The van der Waals surface area contributed by atoms with E-state index in [-0.39, 0.29) is 6.42 Å². The summed E-state index contributed by atoms with van der Waals surface area (Å²) in [4.78, 5) is 15.6. The topological polar surface area (TPSA) is 54.6 Å². The Bertz CT molecular complexity index is 781. The van der Waals surface area contributed by atoms with E-state index < -0.39 is 5.97 Å². The highest BCUT2D eigenvalue weighted by Crippen LogP contribution is 2.26. The summed E-state index contributed by atoms with van der Waals surface area (Å²) in [5.41, 5.74) is 2.86. The summed E-state index contributed by atoms with van der Waals surface area (Å²) >= 11 is 5.96. The Kier molecular flexibility index (Phi) is 3.16. The fourth-order valence-electron chi connectivity index (χ4n) is 2.21. The van der Waals surface area contributed by atoms with Gasteiger partial charge in [-0.1, -0.05) is 41.9 Å². The third-order valence-corrected chi connectivity index (χ3v) is 3.29. The summed E-state index contributed by atoms with van der Waals surface area (Å²) in [5.74, 6) is -0.890. The number of nitrogens with zero attached hydrogens (tertiary/aromatic N) is 2. The number of carbonyl (C=O) groups is 1. The van der Waals surface area contributed by atoms with Gasteiger partial charge in [-0.15, -0.1) is 0 Å². The van der Waals surface area contributed by atoms with E-state index in [4.69, 9.17) is 16.7 Å². The summed E-state index contributed by atoms with van der Waals surface area (Å²) in [6.45, 7) is 0. The van der Waals surface area contributed by atoms with Gasteiger partial charge in [-0.2, -0.15) is 0 Å². The third-order valence-electron chi connectivity index (χ3n) is 3.05. The number of carboxylic acids is 1. The van der Waals surface area contributed by atoms with Crippen LogP contribution in [0.25, 0.3) is 16.9 Å². The van der Waals surface area contributed by atoms with Crippen molar-refractivity contribution >= 4 is 23.2 Å². The summed E-state index contributed by atoms with van der Waals surface area (Å²) < 4.78 is 1.77. The second kappa shape index (κ2) is 4.98. The smallest absolute Gasteiger partial charge is 0.309 e. The highest BCUT2D eigenvalue weighted by Gasteiger charge is 2.16. The van der Waals surface area contributed by atoms with Gasteiger partial charge < -0.3 is 9.51 Å². The van der Waals surface area contributed by atoms with Crippen molar-refractivity contribution < 1.29 is 9.90 Å². The van der Waals surface area contributed by atoms with E-state index in [1.807, 2.05) is 30.3 Å². The molecule has 0 saturated heterocycles. The first kappa shape index (κ1) is 12.7. The molecule has 20 heavy (non-hydrogen) atoms. The molecule has 0 spiro atoms. The lowest BCUT2D eigenvalue weighted by Crippen LogP contribution is -2.04. The number of hydrogen-bond donors (Lipinski definition) is 1. The first-order valence-electron chi connectivity index (χ1n) is 6.09. The summed E-state index contributed by atoms with van der Waals surface area (Å²) in [6.07, 6.45) is 1.66. The molecule has 3 rings (SSSR count). The minimum atomic E-state index is -0.890. The zero-order valence-corrected chi connectivity index (χ0v) is 11.2. The minimum absolute atomic E-state index is 0.0903. The quantitative estimate of drug-likeness (QED) is 0.804. The molecule has 0 aliphatic carbocycles. The maximum Gasteiger partial charge on any atom is 0.309 e. The van der Waals surface area contributed by atoms with E-state index in [1.54, 1.807) is 22.7 Å². The van der Waals surface area contributed by atoms with Gasteiger partial charge in [-0.25, -0.2) is 4.98 Å². The Morgan fingerprint density at radius 3 is 2.70 bits per heavy atom. The van der Waals surface area contributed by atoms with Crippen LogP contribution in [0.1, 0.15) is 5.69 Å². The van der Waals surface area contributed by atoms with Gasteiger partial charge in [-0.3, -0.25) is 4.79 Å². The van der Waals surface area contributed by atoms with Gasteiger partial charge >= 0.3 is 5.97 Å². The number of benzene rings is 1. The van der Waals surface area contributed by atoms with E-state index in [9.17, 15) is 4.79 Å². The number of rotatable bonds is 3. The van der Waals surface area contributed by atoms with Crippen LogP contribution in [-0.4, -0.2) is 20.5 Å². The maximum atomic E-state index is 11.1. The monoisotopic (exact) mass is 286 g/mol. The van der Waals surface area contributed by atoms with Crippen molar-refractivity contribution in [2.75, 3.05) is 0 Å². The zero-order chi connectivity index (χ0) is 14.1. The molecule has 0 radical (unpaired) electrons. The molecule has 1 N–H and O–H groups in total. The molecule has 0 unspecified atom stereocenters. The lowest BCUT2D eigenvalue weighted by atomic mass is 10.1. The number of fused-ring (bicyclic) bond motifs is 1. The highest BCUT2D eigenvalue weighted by atomic mass is 35.5. The average molecular weight is 287 g/mol. The zero-order valence-electron chi connectivity index (χ0n) is 10.5. The molecule has 4 nitrogen and oxygen atoms in total. The van der Waals surface area contributed by atoms with Gasteiger partial charge in [0.05, 0.1) is 17.8 Å². The first-order valence-corrected chi connectivity index (χ1v) is 6.46. The lowest BCUT2D eigenvalue weighted by Gasteiger charge is -2.02. The molecule has 0 aliphatic heterocycles. The van der Waals surface area contributed by atoms with Gasteiger partial charge in [0.15, 0.2) is 0 Å². The third kappa shape index (κ3) is 2.26. The highest BCUT2D eigenvalue weighted by molar-refractivity contribution is 6.30. The maximum absolute atomic E-state index is 11.1. The molecule has 0 atom stereocenters. The lowest BCUT2D eigenvalue weighted by molar-refractivity contribution is -0.136. The summed E-state index contributed by atoms with van der Waals surface area (Å²) in [6, 6.07) is 13.0. The molecule has 3 aromatic rings. The predicted molar refractivity (Wildman–Crippen MR) is 77.0 cm³/mol. The van der Waals surface area contributed by atoms with Crippen LogP contribution in [-0.2, 0) is 11.2 Å². The van der Waals surface area contributed by atoms with Crippen LogP contribution >= 0.6 is 11.6 Å². The molecule has 2 aromatic heterocycles. The molecular weight excluding hydrogens is 276 g/mol. The van der Waals surface area contributed by atoms with Crippen molar-refractivity contribution in [2.45, 2.75) is 6.42 Å². The molecule has 1 aromatic carbocycles. The van der Waals surface area contributed by atoms with Crippen molar-refractivity contribution in [3.8, 4) is 11.3 Å². The first-order chi connectivity index (χ1) is 9.65. The number of halogens is 1. The predicted octanol–water partition coefficient (Wildman–Crippen LogP) is 3.28. The molecule has 0 amide bonds. The van der Waals surface area contributed by atoms with Gasteiger partial charge in [0, 0.05) is 22.8 Å². The fourth-order valence-corrected chi connectivity index (χ4v) is 2.36. The van der Waals surface area contributed by atoms with Crippen LogP contribution in [0.5, 0.6) is 0 Å². The molecule has 5 heteroatoms. The molecular formula is C15H11ClN2O2. The van der Waals surface area contributed by atoms with Crippen molar-refractivity contribution in [3.63, 3.8) is 0 Å². The Labute approximate surface area is 120 Å². The Hall–Kier alpha value is -2.33. The largest absolute Gasteiger partial charge is 0.481 e. The van der Waals surface area contributed by atoms with Crippen molar-refractivity contribution in [1.82, 2.24) is 9.38 Å². The molecule has 0 aliphatic rings. The van der Waals surface area contributed by atoms with Crippen LogP contribution in [0.4, 0.5) is 0 Å². The molecule has 0 fully saturated rings. The average Bonchev–Trinajstić information content (AvgIpc) is 2.77. The van der Waals surface area contributed by atoms with Crippen LogP contribution in [0.15, 0.2) is 48.7 Å². The number of aliphatic carboxylic acids is 1. The van der Waals surface area contributed by atoms with Crippen LogP contribution in [0.2, 0.25) is 5.02 Å². The van der Waals surface area contributed by atoms with E-state index in [1.165, 1.54) is 0 Å². The Balaban J connectivity index is 2.27. The van der Waals surface area contributed by atoms with Gasteiger partial charge in [0.1, 0.15) is 5.65 Å². The molecule has 2 heterocycles. The van der Waals surface area contributed by atoms with Gasteiger partial charge in [-0.05, 0) is 6.07 Å². The minimum Gasteiger partial charge on any atom is -0.481 e. The van der Waals surface area contributed by atoms with Crippen molar-refractivity contribution in [2.24, 2.45) is 0 Å². The van der Waals surface area contributed by atoms with Gasteiger partial charge in [0.2, 0.25) is 0 Å². The number of aromatic nitrogens is 2. The molecule has 0 saturated carbocycles. The van der Waals surface area contributed by atoms with E-state index in [0.29, 0.717) is 22.1 Å². The Morgan fingerprint density at radius 1 is 1.25 bits per heavy atom. The fraction of sp³-hybridized carbons (Fsp3) is 0.0667. The SMILES string of the molecule is O=C(O)Cc1c(-c2ccccc2)nc2cc(Cl)ccn12. The summed E-state index contributed by atoms with van der Waals surface area (Å²) in [5, 5.41) is 9.68.